The fourth-order valence-corrected chi connectivity index (χ4v) is 2.22. The molecule has 110 valence electrons. The third-order valence-corrected chi connectivity index (χ3v) is 3.68. The number of aliphatic hydroxyl groups is 1. The number of anilines is 1. The van der Waals surface area contributed by atoms with Crippen LogP contribution in [0, 0.1) is 6.92 Å². The maximum absolute atomic E-state index is 11.9. The number of aryl methyl sites for hydroxylation is 2. The Bertz CT molecular complexity index is 640. The van der Waals surface area contributed by atoms with E-state index in [1.165, 1.54) is 0 Å². The molecule has 0 unspecified atom stereocenters. The van der Waals surface area contributed by atoms with Crippen LogP contribution in [0.5, 0.6) is 0 Å². The molecule has 0 aliphatic rings. The highest BCUT2D eigenvalue weighted by molar-refractivity contribution is 6.31. The van der Waals surface area contributed by atoms with Gasteiger partial charge in [0.15, 0.2) is 0 Å². The van der Waals surface area contributed by atoms with Gasteiger partial charge in [-0.2, -0.15) is 0 Å². The van der Waals surface area contributed by atoms with Crippen molar-refractivity contribution in [2.24, 2.45) is 0 Å². The summed E-state index contributed by atoms with van der Waals surface area (Å²) in [6.07, 6.45) is 1.04. The third-order valence-electron chi connectivity index (χ3n) is 3.27. The summed E-state index contributed by atoms with van der Waals surface area (Å²) in [4.78, 5) is 11.9. The van der Waals surface area contributed by atoms with E-state index >= 15 is 0 Å². The van der Waals surface area contributed by atoms with Crippen LogP contribution in [0.2, 0.25) is 5.02 Å². The molecule has 0 saturated heterocycles. The summed E-state index contributed by atoms with van der Waals surface area (Å²) in [5.41, 5.74) is 3.56. The van der Waals surface area contributed by atoms with Gasteiger partial charge in [-0.3, -0.25) is 4.79 Å². The van der Waals surface area contributed by atoms with E-state index in [9.17, 15) is 4.79 Å². The Morgan fingerprint density at radius 3 is 2.71 bits per heavy atom. The van der Waals surface area contributed by atoms with Crippen LogP contribution < -0.4 is 5.32 Å². The van der Waals surface area contributed by atoms with Crippen LogP contribution >= 0.6 is 11.6 Å². The van der Waals surface area contributed by atoms with Crippen molar-refractivity contribution < 1.29 is 9.90 Å². The van der Waals surface area contributed by atoms with Crippen LogP contribution in [0.4, 0.5) is 5.69 Å². The van der Waals surface area contributed by atoms with Gasteiger partial charge in [0.2, 0.25) is 5.91 Å². The highest BCUT2D eigenvalue weighted by Gasteiger charge is 2.05. The van der Waals surface area contributed by atoms with Gasteiger partial charge in [-0.1, -0.05) is 35.9 Å². The molecule has 2 aromatic rings. The zero-order valence-electron chi connectivity index (χ0n) is 11.9. The first-order chi connectivity index (χ1) is 10.1. The second kappa shape index (κ2) is 7.25. The van der Waals surface area contributed by atoms with E-state index in [0.29, 0.717) is 18.5 Å². The van der Waals surface area contributed by atoms with E-state index in [-0.39, 0.29) is 12.5 Å². The Kier molecular flexibility index (Phi) is 5.37. The minimum Gasteiger partial charge on any atom is -0.392 e. The van der Waals surface area contributed by atoms with E-state index < -0.39 is 0 Å². The summed E-state index contributed by atoms with van der Waals surface area (Å²) in [5.74, 6) is -0.0539. The standard InChI is InChI=1S/C17H18ClNO2/c1-12-5-6-13(10-16(12)18)7-8-17(21)19-15-4-2-3-14(9-15)11-20/h2-6,9-10,20H,7-8,11H2,1H3,(H,19,21). The Hall–Kier alpha value is -1.84. The fraction of sp³-hybridized carbons (Fsp3) is 0.235. The second-order valence-electron chi connectivity index (χ2n) is 4.99. The summed E-state index contributed by atoms with van der Waals surface area (Å²) in [6.45, 7) is 1.92. The van der Waals surface area contributed by atoms with Crippen molar-refractivity contribution in [3.63, 3.8) is 0 Å². The SMILES string of the molecule is Cc1ccc(CCC(=O)Nc2cccc(CO)c2)cc1Cl. The summed E-state index contributed by atoms with van der Waals surface area (Å²) in [5, 5.41) is 12.6. The lowest BCUT2D eigenvalue weighted by atomic mass is 10.1. The van der Waals surface area contributed by atoms with Crippen molar-refractivity contribution in [1.29, 1.82) is 0 Å². The van der Waals surface area contributed by atoms with Crippen LogP contribution in [-0.2, 0) is 17.8 Å². The zero-order chi connectivity index (χ0) is 15.2. The number of amides is 1. The molecular weight excluding hydrogens is 286 g/mol. The van der Waals surface area contributed by atoms with Crippen molar-refractivity contribution in [2.75, 3.05) is 5.32 Å². The van der Waals surface area contributed by atoms with E-state index in [0.717, 1.165) is 21.7 Å². The Morgan fingerprint density at radius 2 is 2.00 bits per heavy atom. The Balaban J connectivity index is 1.90. The van der Waals surface area contributed by atoms with Gasteiger partial charge in [0.05, 0.1) is 6.61 Å². The normalized spacial score (nSPS) is 10.4. The highest BCUT2D eigenvalue weighted by atomic mass is 35.5. The van der Waals surface area contributed by atoms with Crippen LogP contribution in [0.3, 0.4) is 0 Å². The third kappa shape index (κ3) is 4.59. The van der Waals surface area contributed by atoms with E-state index in [1.54, 1.807) is 18.2 Å². The molecule has 0 heterocycles. The molecule has 21 heavy (non-hydrogen) atoms. The first-order valence-corrected chi connectivity index (χ1v) is 7.21. The van der Waals surface area contributed by atoms with Crippen molar-refractivity contribution in [3.8, 4) is 0 Å². The van der Waals surface area contributed by atoms with E-state index in [2.05, 4.69) is 5.32 Å². The number of nitrogens with one attached hydrogen (secondary N) is 1. The van der Waals surface area contributed by atoms with Gasteiger partial charge in [-0.25, -0.2) is 0 Å². The summed E-state index contributed by atoms with van der Waals surface area (Å²) < 4.78 is 0. The molecule has 4 heteroatoms. The Morgan fingerprint density at radius 1 is 1.19 bits per heavy atom. The number of rotatable bonds is 5. The monoisotopic (exact) mass is 303 g/mol. The molecule has 0 saturated carbocycles. The number of hydrogen-bond donors (Lipinski definition) is 2. The molecular formula is C17H18ClNO2. The number of aliphatic hydroxyl groups excluding tert-OH is 1. The molecule has 0 fully saturated rings. The predicted octanol–water partition coefficient (Wildman–Crippen LogP) is 3.71. The molecule has 2 N–H and O–H groups in total. The average molecular weight is 304 g/mol. The maximum Gasteiger partial charge on any atom is 0.224 e. The maximum atomic E-state index is 11.9. The van der Waals surface area contributed by atoms with Gasteiger partial charge >= 0.3 is 0 Å². The quantitative estimate of drug-likeness (QED) is 0.884. The number of carbonyl (C=O) groups excluding carboxylic acids is 1. The molecule has 2 rings (SSSR count). The van der Waals surface area contributed by atoms with Gasteiger partial charge in [0.25, 0.3) is 0 Å². The smallest absolute Gasteiger partial charge is 0.224 e. The Labute approximate surface area is 129 Å². The van der Waals surface area contributed by atoms with Crippen molar-refractivity contribution in [2.45, 2.75) is 26.4 Å². The number of halogens is 1. The topological polar surface area (TPSA) is 49.3 Å². The lowest BCUT2D eigenvalue weighted by molar-refractivity contribution is -0.116. The van der Waals surface area contributed by atoms with E-state index in [1.807, 2.05) is 31.2 Å². The molecule has 0 radical (unpaired) electrons. The van der Waals surface area contributed by atoms with Crippen LogP contribution in [0.1, 0.15) is 23.1 Å². The lowest BCUT2D eigenvalue weighted by Crippen LogP contribution is -2.12. The van der Waals surface area contributed by atoms with Crippen molar-refractivity contribution in [3.05, 3.63) is 64.2 Å². The van der Waals surface area contributed by atoms with Gasteiger partial charge in [0.1, 0.15) is 0 Å². The summed E-state index contributed by atoms with van der Waals surface area (Å²) >= 11 is 6.07. The first kappa shape index (κ1) is 15.5. The molecule has 0 atom stereocenters. The molecule has 0 aromatic heterocycles. The van der Waals surface area contributed by atoms with Crippen molar-refractivity contribution in [1.82, 2.24) is 0 Å². The average Bonchev–Trinajstić information content (AvgIpc) is 2.48. The first-order valence-electron chi connectivity index (χ1n) is 6.83. The van der Waals surface area contributed by atoms with E-state index in [4.69, 9.17) is 16.7 Å². The van der Waals surface area contributed by atoms with Gasteiger partial charge in [0, 0.05) is 17.1 Å². The lowest BCUT2D eigenvalue weighted by Gasteiger charge is -2.07. The number of benzene rings is 2. The number of carbonyl (C=O) groups is 1. The van der Waals surface area contributed by atoms with Crippen LogP contribution in [0.15, 0.2) is 42.5 Å². The second-order valence-corrected chi connectivity index (χ2v) is 5.40. The minimum absolute atomic E-state index is 0.0361. The van der Waals surface area contributed by atoms with Crippen LogP contribution in [0.25, 0.3) is 0 Å². The zero-order valence-corrected chi connectivity index (χ0v) is 12.7. The molecule has 0 spiro atoms. The van der Waals surface area contributed by atoms with Gasteiger partial charge in [-0.05, 0) is 48.2 Å². The molecule has 0 aliphatic carbocycles. The largest absolute Gasteiger partial charge is 0.392 e. The predicted molar refractivity (Wildman–Crippen MR) is 85.5 cm³/mol. The fourth-order valence-electron chi connectivity index (χ4n) is 2.02. The number of hydrogen-bond acceptors (Lipinski definition) is 2. The summed E-state index contributed by atoms with van der Waals surface area (Å²) in [7, 11) is 0. The molecule has 2 aromatic carbocycles. The van der Waals surface area contributed by atoms with Crippen molar-refractivity contribution >= 4 is 23.2 Å². The summed E-state index contributed by atoms with van der Waals surface area (Å²) in [6, 6.07) is 13.0. The molecule has 1 amide bonds. The molecule has 3 nitrogen and oxygen atoms in total. The van der Waals surface area contributed by atoms with Gasteiger partial charge in [-0.15, -0.1) is 0 Å². The molecule has 0 bridgehead atoms. The van der Waals surface area contributed by atoms with Gasteiger partial charge < -0.3 is 10.4 Å². The molecule has 0 aliphatic heterocycles. The highest BCUT2D eigenvalue weighted by Crippen LogP contribution is 2.18. The van der Waals surface area contributed by atoms with Crippen LogP contribution in [-0.4, -0.2) is 11.0 Å². The minimum atomic E-state index is -0.0539.